The largest absolute Gasteiger partial charge is 0.236 e. The van der Waals surface area contributed by atoms with Crippen molar-refractivity contribution >= 4 is 32.3 Å². The van der Waals surface area contributed by atoms with Crippen LogP contribution < -0.4 is 0 Å². The van der Waals surface area contributed by atoms with Gasteiger partial charge < -0.3 is 0 Å². The van der Waals surface area contributed by atoms with Crippen LogP contribution in [0.25, 0.3) is 10.9 Å². The van der Waals surface area contributed by atoms with E-state index in [0.717, 1.165) is 5.39 Å². The molecule has 84 valence electrons. The summed E-state index contributed by atoms with van der Waals surface area (Å²) in [4.78, 5) is 4.12. The van der Waals surface area contributed by atoms with Crippen LogP contribution in [0.4, 0.5) is 0 Å². The molecule has 0 aliphatic carbocycles. The molecule has 16 heavy (non-hydrogen) atoms. The number of aromatic nitrogens is 1. The van der Waals surface area contributed by atoms with Gasteiger partial charge >= 0.3 is 0 Å². The minimum Gasteiger partial charge on any atom is -0.236 e. The number of benzene rings is 1. The molecule has 1 aromatic carbocycles. The van der Waals surface area contributed by atoms with Crippen molar-refractivity contribution in [1.82, 2.24) is 4.98 Å². The summed E-state index contributed by atoms with van der Waals surface area (Å²) in [5, 5.41) is 1.01. The highest BCUT2D eigenvalue weighted by Crippen LogP contribution is 2.15. The van der Waals surface area contributed by atoms with Crippen molar-refractivity contribution in [2.75, 3.05) is 11.6 Å². The Morgan fingerprint density at radius 3 is 2.62 bits per heavy atom. The van der Waals surface area contributed by atoms with E-state index in [1.165, 1.54) is 6.07 Å². The van der Waals surface area contributed by atoms with Crippen LogP contribution in [0, 0.1) is 0 Å². The summed E-state index contributed by atoms with van der Waals surface area (Å²) in [7, 11) is -3.34. The predicted molar refractivity (Wildman–Crippen MR) is 64.5 cm³/mol. The Kier molecular flexibility index (Phi) is 3.12. The van der Waals surface area contributed by atoms with Crippen molar-refractivity contribution in [2.24, 2.45) is 0 Å². The number of para-hydroxylation sites is 1. The van der Waals surface area contributed by atoms with Crippen LogP contribution in [0.1, 0.15) is 0 Å². The van der Waals surface area contributed by atoms with Crippen LogP contribution in [0.15, 0.2) is 41.4 Å². The summed E-state index contributed by atoms with van der Waals surface area (Å²) in [6, 6.07) is 10.7. The molecule has 1 aromatic heterocycles. The molecule has 2 rings (SSSR count). The number of nitrogens with zero attached hydrogens (tertiary/aromatic N) is 1. The van der Waals surface area contributed by atoms with E-state index in [1.54, 1.807) is 12.1 Å². The van der Waals surface area contributed by atoms with Crippen LogP contribution in [0.5, 0.6) is 0 Å². The first kappa shape index (κ1) is 11.4. The SMILES string of the molecule is O=S(=O)(CCCl)c1ccc2ccccc2n1. The minimum absolute atomic E-state index is 0.0802. The van der Waals surface area contributed by atoms with Gasteiger partial charge in [0, 0.05) is 11.3 Å². The zero-order valence-electron chi connectivity index (χ0n) is 8.43. The molecule has 2 aromatic rings. The first-order valence-corrected chi connectivity index (χ1v) is 6.97. The Bertz CT molecular complexity index is 610. The second kappa shape index (κ2) is 4.39. The summed E-state index contributed by atoms with van der Waals surface area (Å²) >= 11 is 5.45. The summed E-state index contributed by atoms with van der Waals surface area (Å²) < 4.78 is 23.5. The van der Waals surface area contributed by atoms with Crippen LogP contribution in [0.3, 0.4) is 0 Å². The maximum Gasteiger partial charge on any atom is 0.196 e. The number of hydrogen-bond donors (Lipinski definition) is 0. The highest BCUT2D eigenvalue weighted by Gasteiger charge is 2.15. The van der Waals surface area contributed by atoms with E-state index in [1.807, 2.05) is 18.2 Å². The number of pyridine rings is 1. The third-order valence-corrected chi connectivity index (χ3v) is 4.26. The molecule has 0 saturated heterocycles. The molecule has 0 unspecified atom stereocenters. The zero-order chi connectivity index (χ0) is 11.6. The van der Waals surface area contributed by atoms with Gasteiger partial charge in [-0.3, -0.25) is 0 Å². The molecule has 0 radical (unpaired) electrons. The van der Waals surface area contributed by atoms with E-state index in [0.29, 0.717) is 5.52 Å². The predicted octanol–water partition coefficient (Wildman–Crippen LogP) is 2.25. The maximum absolute atomic E-state index is 11.7. The van der Waals surface area contributed by atoms with Gasteiger partial charge in [0.05, 0.1) is 11.3 Å². The molecule has 0 amide bonds. The zero-order valence-corrected chi connectivity index (χ0v) is 10.0. The van der Waals surface area contributed by atoms with Gasteiger partial charge in [-0.2, -0.15) is 0 Å². The second-order valence-electron chi connectivity index (χ2n) is 3.35. The molecular weight excluding hydrogens is 246 g/mol. The fourth-order valence-electron chi connectivity index (χ4n) is 1.43. The Morgan fingerprint density at radius 2 is 1.88 bits per heavy atom. The van der Waals surface area contributed by atoms with E-state index >= 15 is 0 Å². The van der Waals surface area contributed by atoms with Gasteiger partial charge in [0.25, 0.3) is 0 Å². The van der Waals surface area contributed by atoms with Crippen LogP contribution >= 0.6 is 11.6 Å². The third-order valence-electron chi connectivity index (χ3n) is 2.24. The van der Waals surface area contributed by atoms with Crippen molar-refractivity contribution in [3.63, 3.8) is 0 Å². The van der Waals surface area contributed by atoms with Crippen LogP contribution in [-0.2, 0) is 9.84 Å². The third kappa shape index (κ3) is 2.18. The van der Waals surface area contributed by atoms with Crippen molar-refractivity contribution in [1.29, 1.82) is 0 Å². The first-order chi connectivity index (χ1) is 7.63. The fraction of sp³-hybridized carbons (Fsp3) is 0.182. The molecule has 0 fully saturated rings. The Morgan fingerprint density at radius 1 is 1.12 bits per heavy atom. The van der Waals surface area contributed by atoms with Crippen molar-refractivity contribution in [3.05, 3.63) is 36.4 Å². The quantitative estimate of drug-likeness (QED) is 0.791. The van der Waals surface area contributed by atoms with E-state index in [9.17, 15) is 8.42 Å². The number of hydrogen-bond acceptors (Lipinski definition) is 3. The average molecular weight is 256 g/mol. The van der Waals surface area contributed by atoms with Crippen LogP contribution in [-0.4, -0.2) is 25.0 Å². The molecule has 3 nitrogen and oxygen atoms in total. The molecule has 0 N–H and O–H groups in total. The second-order valence-corrected chi connectivity index (χ2v) is 5.78. The number of fused-ring (bicyclic) bond motifs is 1. The molecule has 0 saturated carbocycles. The molecule has 0 aliphatic heterocycles. The summed E-state index contributed by atoms with van der Waals surface area (Å²) in [5.74, 6) is -0.00324. The van der Waals surface area contributed by atoms with Crippen molar-refractivity contribution < 1.29 is 8.42 Å². The van der Waals surface area contributed by atoms with Gasteiger partial charge in [0.1, 0.15) is 0 Å². The first-order valence-electron chi connectivity index (χ1n) is 4.78. The molecule has 0 bridgehead atoms. The van der Waals surface area contributed by atoms with Gasteiger partial charge in [0.2, 0.25) is 0 Å². The Hall–Kier alpha value is -1.13. The summed E-state index contributed by atoms with van der Waals surface area (Å²) in [6.45, 7) is 0. The van der Waals surface area contributed by atoms with Crippen molar-refractivity contribution in [3.8, 4) is 0 Å². The Balaban J connectivity index is 2.55. The molecule has 1 heterocycles. The summed E-state index contributed by atoms with van der Waals surface area (Å²) in [5.41, 5.74) is 0.679. The van der Waals surface area contributed by atoms with Crippen molar-refractivity contribution in [2.45, 2.75) is 5.03 Å². The minimum atomic E-state index is -3.34. The van der Waals surface area contributed by atoms with E-state index in [4.69, 9.17) is 11.6 Å². The monoisotopic (exact) mass is 255 g/mol. The lowest BCUT2D eigenvalue weighted by Crippen LogP contribution is -2.09. The van der Waals surface area contributed by atoms with E-state index < -0.39 is 9.84 Å². The highest BCUT2D eigenvalue weighted by molar-refractivity contribution is 7.91. The molecule has 0 spiro atoms. The van der Waals surface area contributed by atoms with E-state index in [-0.39, 0.29) is 16.7 Å². The van der Waals surface area contributed by atoms with Gasteiger partial charge in [-0.15, -0.1) is 11.6 Å². The number of alkyl halides is 1. The van der Waals surface area contributed by atoms with Gasteiger partial charge in [-0.05, 0) is 18.2 Å². The lowest BCUT2D eigenvalue weighted by molar-refractivity contribution is 0.594. The number of rotatable bonds is 3. The molecule has 0 atom stereocenters. The van der Waals surface area contributed by atoms with Gasteiger partial charge in [-0.25, -0.2) is 13.4 Å². The van der Waals surface area contributed by atoms with Gasteiger partial charge in [-0.1, -0.05) is 18.2 Å². The number of halogens is 1. The maximum atomic E-state index is 11.7. The lowest BCUT2D eigenvalue weighted by Gasteiger charge is -2.02. The van der Waals surface area contributed by atoms with E-state index in [2.05, 4.69) is 4.98 Å². The number of sulfone groups is 1. The highest BCUT2D eigenvalue weighted by atomic mass is 35.5. The molecule has 5 heteroatoms. The average Bonchev–Trinajstić information content (AvgIpc) is 2.28. The lowest BCUT2D eigenvalue weighted by atomic mass is 10.2. The smallest absolute Gasteiger partial charge is 0.196 e. The summed E-state index contributed by atoms with van der Waals surface area (Å²) in [6.07, 6.45) is 0. The van der Waals surface area contributed by atoms with Crippen LogP contribution in [0.2, 0.25) is 0 Å². The normalized spacial score (nSPS) is 11.8. The molecular formula is C11H10ClNO2S. The fourth-order valence-corrected chi connectivity index (χ4v) is 2.96. The topological polar surface area (TPSA) is 47.0 Å². The molecule has 0 aliphatic rings. The Labute approximate surface area is 99.0 Å². The standard InChI is InChI=1S/C11H10ClNO2S/c12-7-8-16(14,15)11-6-5-9-3-1-2-4-10(9)13-11/h1-6H,7-8H2. The van der Waals surface area contributed by atoms with Gasteiger partial charge in [0.15, 0.2) is 14.9 Å².